The molecule has 0 aromatic heterocycles. The number of hydrogen-bond acceptors (Lipinski definition) is 4. The number of hydrogen-bond donors (Lipinski definition) is 1. The lowest BCUT2D eigenvalue weighted by molar-refractivity contribution is -0.140. The lowest BCUT2D eigenvalue weighted by Gasteiger charge is -2.34. The van der Waals surface area contributed by atoms with E-state index in [1.165, 1.54) is 19.0 Å². The van der Waals surface area contributed by atoms with Crippen molar-refractivity contribution in [3.05, 3.63) is 64.1 Å². The van der Waals surface area contributed by atoms with Crippen molar-refractivity contribution in [2.24, 2.45) is 0 Å². The Labute approximate surface area is 218 Å². The zero-order chi connectivity index (χ0) is 26.6. The number of rotatable bonds is 9. The fourth-order valence-electron chi connectivity index (χ4n) is 3.22. The van der Waals surface area contributed by atoms with Crippen molar-refractivity contribution in [1.29, 1.82) is 0 Å². The van der Waals surface area contributed by atoms with E-state index in [4.69, 9.17) is 23.2 Å². The lowest BCUT2D eigenvalue weighted by atomic mass is 10.1. The second kappa shape index (κ2) is 11.6. The number of amides is 2. The average Bonchev–Trinajstić information content (AvgIpc) is 2.76. The summed E-state index contributed by atoms with van der Waals surface area (Å²) in [5.74, 6) is -0.984. The summed E-state index contributed by atoms with van der Waals surface area (Å²) in [4.78, 5) is 28.0. The molecule has 0 fully saturated rings. The van der Waals surface area contributed by atoms with E-state index in [1.807, 2.05) is 20.8 Å². The summed E-state index contributed by atoms with van der Waals surface area (Å²) in [6, 6.07) is 12.3. The van der Waals surface area contributed by atoms with Crippen LogP contribution < -0.4 is 9.62 Å². The van der Waals surface area contributed by atoms with Gasteiger partial charge in [-0.25, -0.2) is 4.31 Å². The molecule has 8 nitrogen and oxygen atoms in total. The van der Waals surface area contributed by atoms with Crippen LogP contribution in [0.5, 0.6) is 0 Å². The summed E-state index contributed by atoms with van der Waals surface area (Å²) < 4.78 is 28.2. The highest BCUT2D eigenvalue weighted by molar-refractivity contribution is 7.90. The van der Waals surface area contributed by atoms with Crippen LogP contribution >= 0.6 is 23.2 Å². The molecule has 0 unspecified atom stereocenters. The molecule has 0 saturated carbocycles. The second-order valence-corrected chi connectivity index (χ2v) is 12.2. The zero-order valence-electron chi connectivity index (χ0n) is 20.7. The van der Waals surface area contributed by atoms with Gasteiger partial charge in [0.15, 0.2) is 0 Å². The average molecular weight is 544 g/mol. The Morgan fingerprint density at radius 1 is 0.971 bits per heavy atom. The van der Waals surface area contributed by atoms with Crippen molar-refractivity contribution in [3.8, 4) is 0 Å². The largest absolute Gasteiger partial charge is 0.350 e. The predicted octanol–water partition coefficient (Wildman–Crippen LogP) is 3.94. The first-order valence-electron chi connectivity index (χ1n) is 10.9. The van der Waals surface area contributed by atoms with Crippen LogP contribution in [-0.2, 0) is 26.3 Å². The van der Waals surface area contributed by atoms with Gasteiger partial charge in [-0.1, -0.05) is 47.5 Å². The maximum absolute atomic E-state index is 13.7. The van der Waals surface area contributed by atoms with Crippen LogP contribution in [0.2, 0.25) is 10.0 Å². The highest BCUT2D eigenvalue weighted by Gasteiger charge is 2.33. The molecule has 0 bridgehead atoms. The van der Waals surface area contributed by atoms with Crippen molar-refractivity contribution in [3.63, 3.8) is 0 Å². The number of nitrogens with zero attached hydrogens (tertiary/aromatic N) is 3. The molecule has 0 heterocycles. The third-order valence-electron chi connectivity index (χ3n) is 5.12. The number of para-hydroxylation sites is 1. The number of benzene rings is 2. The molecule has 0 radical (unpaired) electrons. The van der Waals surface area contributed by atoms with Gasteiger partial charge in [0.25, 0.3) is 0 Å². The SMILES string of the molecule is C[C@H](C(=O)NC(C)(C)C)N(Cc1c(Cl)cccc1Cl)C(=O)CN(c1ccccc1)S(=O)(=O)N(C)C. The van der Waals surface area contributed by atoms with E-state index in [-0.39, 0.29) is 6.54 Å². The molecule has 0 aliphatic heterocycles. The maximum Gasteiger partial charge on any atom is 0.304 e. The standard InChI is InChI=1S/C24H32Cl2N4O4S/c1-17(23(32)27-24(2,3)4)29(15-19-20(25)13-10-14-21(19)26)22(31)16-30(35(33,34)28(5)6)18-11-8-7-9-12-18/h7-14,17H,15-16H2,1-6H3,(H,27,32)/t17-/m1/s1. The van der Waals surface area contributed by atoms with Crippen LogP contribution in [0.1, 0.15) is 33.3 Å². The van der Waals surface area contributed by atoms with E-state index in [2.05, 4.69) is 5.32 Å². The van der Waals surface area contributed by atoms with Crippen molar-refractivity contribution in [1.82, 2.24) is 14.5 Å². The van der Waals surface area contributed by atoms with E-state index in [9.17, 15) is 18.0 Å². The Balaban J connectivity index is 2.50. The zero-order valence-corrected chi connectivity index (χ0v) is 23.1. The maximum atomic E-state index is 13.7. The number of carbonyl (C=O) groups excluding carboxylic acids is 2. The van der Waals surface area contributed by atoms with Crippen molar-refractivity contribution >= 4 is 50.9 Å². The summed E-state index contributed by atoms with van der Waals surface area (Å²) in [6.07, 6.45) is 0. The highest BCUT2D eigenvalue weighted by Crippen LogP contribution is 2.27. The Morgan fingerprint density at radius 2 is 1.51 bits per heavy atom. The van der Waals surface area contributed by atoms with Crippen LogP contribution in [0.3, 0.4) is 0 Å². The number of carbonyl (C=O) groups is 2. The van der Waals surface area contributed by atoms with Gasteiger partial charge in [0, 0.05) is 41.8 Å². The second-order valence-electron chi connectivity index (χ2n) is 9.27. The molecule has 2 aromatic rings. The topological polar surface area (TPSA) is 90.0 Å². The third kappa shape index (κ3) is 7.57. The van der Waals surface area contributed by atoms with Gasteiger partial charge in [0.1, 0.15) is 12.6 Å². The summed E-state index contributed by atoms with van der Waals surface area (Å²) in [6.45, 7) is 6.46. The van der Waals surface area contributed by atoms with Gasteiger partial charge in [-0.05, 0) is 52.0 Å². The first-order valence-corrected chi connectivity index (χ1v) is 13.1. The van der Waals surface area contributed by atoms with Crippen molar-refractivity contribution in [2.75, 3.05) is 24.9 Å². The fraction of sp³-hybridized carbons (Fsp3) is 0.417. The van der Waals surface area contributed by atoms with E-state index in [1.54, 1.807) is 55.5 Å². The molecular weight excluding hydrogens is 511 g/mol. The molecule has 2 rings (SSSR count). The predicted molar refractivity (Wildman–Crippen MR) is 141 cm³/mol. The minimum atomic E-state index is -4.02. The first-order chi connectivity index (χ1) is 16.1. The molecule has 0 aliphatic rings. The smallest absolute Gasteiger partial charge is 0.304 e. The summed E-state index contributed by atoms with van der Waals surface area (Å²) in [5.41, 5.74) is 0.241. The summed E-state index contributed by atoms with van der Waals surface area (Å²) >= 11 is 12.7. The van der Waals surface area contributed by atoms with Crippen LogP contribution in [0.15, 0.2) is 48.5 Å². The Hall–Kier alpha value is -2.33. The van der Waals surface area contributed by atoms with Crippen LogP contribution in [0, 0.1) is 0 Å². The van der Waals surface area contributed by atoms with Crippen LogP contribution in [0.25, 0.3) is 0 Å². The summed E-state index contributed by atoms with van der Waals surface area (Å²) in [5, 5.41) is 3.53. The molecule has 0 spiro atoms. The molecule has 1 atom stereocenters. The molecule has 11 heteroatoms. The van der Waals surface area contributed by atoms with E-state index < -0.39 is 40.1 Å². The lowest BCUT2D eigenvalue weighted by Crippen LogP contribution is -2.55. The van der Waals surface area contributed by atoms with Gasteiger partial charge in [-0.3, -0.25) is 9.59 Å². The molecular formula is C24H32Cl2N4O4S. The highest BCUT2D eigenvalue weighted by atomic mass is 35.5. The third-order valence-corrected chi connectivity index (χ3v) is 7.65. The minimum absolute atomic E-state index is 0.0826. The van der Waals surface area contributed by atoms with Gasteiger partial charge in [0.05, 0.1) is 5.69 Å². The number of nitrogens with one attached hydrogen (secondary N) is 1. The fourth-order valence-corrected chi connectivity index (χ4v) is 4.79. The number of halogens is 2. The molecule has 35 heavy (non-hydrogen) atoms. The van der Waals surface area contributed by atoms with E-state index >= 15 is 0 Å². The van der Waals surface area contributed by atoms with Gasteiger partial charge in [-0.15, -0.1) is 0 Å². The van der Waals surface area contributed by atoms with Crippen molar-refractivity contribution < 1.29 is 18.0 Å². The van der Waals surface area contributed by atoms with Crippen molar-refractivity contribution in [2.45, 2.75) is 45.8 Å². The van der Waals surface area contributed by atoms with Crippen LogP contribution in [-0.4, -0.2) is 61.7 Å². The van der Waals surface area contributed by atoms with Gasteiger partial charge < -0.3 is 10.2 Å². The van der Waals surface area contributed by atoms with E-state index in [0.29, 0.717) is 21.3 Å². The van der Waals surface area contributed by atoms with Gasteiger partial charge >= 0.3 is 10.2 Å². The van der Waals surface area contributed by atoms with Gasteiger partial charge in [-0.2, -0.15) is 12.7 Å². The van der Waals surface area contributed by atoms with Gasteiger partial charge in [0.2, 0.25) is 11.8 Å². The number of anilines is 1. The summed E-state index contributed by atoms with van der Waals surface area (Å²) in [7, 11) is -1.25. The first kappa shape index (κ1) is 28.9. The molecule has 2 aromatic carbocycles. The molecule has 0 aliphatic carbocycles. The van der Waals surface area contributed by atoms with Crippen LogP contribution in [0.4, 0.5) is 5.69 Å². The minimum Gasteiger partial charge on any atom is -0.350 e. The normalized spacial score (nSPS) is 12.8. The monoisotopic (exact) mass is 542 g/mol. The quantitative estimate of drug-likeness (QED) is 0.519. The Bertz CT molecular complexity index is 1130. The molecule has 1 N–H and O–H groups in total. The Morgan fingerprint density at radius 3 is 2.00 bits per heavy atom. The van der Waals surface area contributed by atoms with E-state index in [0.717, 1.165) is 8.61 Å². The molecule has 192 valence electrons. The molecule has 0 saturated heterocycles. The molecule has 2 amide bonds. The Kier molecular flexibility index (Phi) is 9.58.